The van der Waals surface area contributed by atoms with Crippen molar-refractivity contribution >= 4 is 35.8 Å². The van der Waals surface area contributed by atoms with Gasteiger partial charge in [0.05, 0.1) is 12.6 Å². The second-order valence-corrected chi connectivity index (χ2v) is 8.99. The number of hydrogen-bond donors (Lipinski definition) is 5. The Labute approximate surface area is 210 Å². The molecule has 16 heteroatoms. The molecule has 0 aromatic heterocycles. The molecule has 2 aliphatic rings. The van der Waals surface area contributed by atoms with Gasteiger partial charge in [0.1, 0.15) is 31.0 Å². The van der Waals surface area contributed by atoms with Gasteiger partial charge in [-0.1, -0.05) is 0 Å². The molecule has 0 saturated carbocycles. The van der Waals surface area contributed by atoms with Crippen molar-refractivity contribution in [2.75, 3.05) is 13.2 Å². The molecule has 0 unspecified atom stereocenters. The Morgan fingerprint density at radius 1 is 0.778 bits per heavy atom. The molecule has 2 saturated heterocycles. The highest BCUT2D eigenvalue weighted by Crippen LogP contribution is 2.34. The van der Waals surface area contributed by atoms with Gasteiger partial charge in [0.25, 0.3) is 0 Å². The van der Waals surface area contributed by atoms with Crippen LogP contribution in [0.4, 0.5) is 0 Å². The van der Waals surface area contributed by atoms with Crippen LogP contribution in [0.3, 0.4) is 0 Å². The van der Waals surface area contributed by atoms with Crippen LogP contribution in [0, 0.1) is 0 Å². The van der Waals surface area contributed by atoms with E-state index in [1.165, 1.54) is 0 Å². The number of hydrogen-bond acceptors (Lipinski definition) is 16. The first-order valence-corrected chi connectivity index (χ1v) is 11.8. The molecular weight excluding hydrogens is 510 g/mol. The van der Waals surface area contributed by atoms with E-state index in [4.69, 9.17) is 28.4 Å². The van der Waals surface area contributed by atoms with Crippen LogP contribution < -0.4 is 4.72 Å². The predicted molar refractivity (Wildman–Crippen MR) is 116 cm³/mol. The third-order valence-electron chi connectivity index (χ3n) is 5.17. The van der Waals surface area contributed by atoms with Crippen LogP contribution >= 0.6 is 11.9 Å². The minimum Gasteiger partial charge on any atom is -0.463 e. The zero-order valence-electron chi connectivity index (χ0n) is 20.0. The second kappa shape index (κ2) is 13.5. The summed E-state index contributed by atoms with van der Waals surface area (Å²) in [6, 6.07) is -1.31. The fourth-order valence-corrected chi connectivity index (χ4v) is 4.74. The van der Waals surface area contributed by atoms with E-state index in [1.807, 2.05) is 0 Å². The van der Waals surface area contributed by atoms with Gasteiger partial charge in [0.2, 0.25) is 0 Å². The quantitative estimate of drug-likeness (QED) is 0.112. The molecule has 2 aliphatic heterocycles. The summed E-state index contributed by atoms with van der Waals surface area (Å²) in [5, 5.41) is 39.9. The molecule has 5 N–H and O–H groups in total. The van der Waals surface area contributed by atoms with Crippen LogP contribution in [0.2, 0.25) is 0 Å². The van der Waals surface area contributed by atoms with Crippen LogP contribution in [-0.2, 0) is 47.6 Å². The third kappa shape index (κ3) is 7.97. The van der Waals surface area contributed by atoms with E-state index < -0.39 is 97.6 Å². The fraction of sp³-hybridized carbons (Fsp3) is 0.800. The molecule has 0 radical (unpaired) electrons. The molecule has 0 aliphatic carbocycles. The molecule has 0 bridgehead atoms. The van der Waals surface area contributed by atoms with Crippen molar-refractivity contribution in [2.24, 2.45) is 0 Å². The first-order chi connectivity index (χ1) is 16.8. The Morgan fingerprint density at radius 3 is 1.86 bits per heavy atom. The molecule has 2 rings (SSSR count). The SMILES string of the molecule is CC(=O)OC[C@H]1O[C@@H](SN[C@@H]2[C@@H](O)[C@H](O)[C@@H](CO)O[C@@H]2O)[C@H](OC(C)=O)[C@@H](OC(C)=O)[C@@H]1OC(C)=O. The van der Waals surface area contributed by atoms with Gasteiger partial charge < -0.3 is 48.8 Å². The smallest absolute Gasteiger partial charge is 0.303 e. The Morgan fingerprint density at radius 2 is 1.33 bits per heavy atom. The van der Waals surface area contributed by atoms with E-state index in [0.717, 1.165) is 27.7 Å². The predicted octanol–water partition coefficient (Wildman–Crippen LogP) is -2.89. The maximum atomic E-state index is 11.9. The first-order valence-electron chi connectivity index (χ1n) is 10.9. The monoisotopic (exact) mass is 541 g/mol. The number of aliphatic hydroxyl groups is 4. The number of ether oxygens (including phenoxy) is 6. The van der Waals surface area contributed by atoms with E-state index in [9.17, 15) is 39.6 Å². The normalized spacial score (nSPS) is 36.4. The van der Waals surface area contributed by atoms with Gasteiger partial charge in [-0.25, -0.2) is 0 Å². The number of carbonyl (C=O) groups excluding carboxylic acids is 4. The molecule has 36 heavy (non-hydrogen) atoms. The third-order valence-corrected chi connectivity index (χ3v) is 6.19. The average molecular weight is 542 g/mol. The van der Waals surface area contributed by atoms with E-state index in [-0.39, 0.29) is 0 Å². The summed E-state index contributed by atoms with van der Waals surface area (Å²) in [4.78, 5) is 46.9. The van der Waals surface area contributed by atoms with Gasteiger partial charge in [-0.05, 0) is 11.9 Å². The number of nitrogens with one attached hydrogen (secondary N) is 1. The van der Waals surface area contributed by atoms with Crippen molar-refractivity contribution in [3.8, 4) is 0 Å². The van der Waals surface area contributed by atoms with E-state index >= 15 is 0 Å². The van der Waals surface area contributed by atoms with Crippen LogP contribution in [0.1, 0.15) is 27.7 Å². The van der Waals surface area contributed by atoms with E-state index in [2.05, 4.69) is 4.72 Å². The molecule has 2 heterocycles. The molecule has 0 aromatic rings. The summed E-state index contributed by atoms with van der Waals surface area (Å²) in [5.74, 6) is -3.05. The van der Waals surface area contributed by atoms with E-state index in [0.29, 0.717) is 11.9 Å². The van der Waals surface area contributed by atoms with Crippen LogP contribution in [0.15, 0.2) is 0 Å². The first kappa shape index (κ1) is 30.2. The maximum absolute atomic E-state index is 11.9. The Hall–Kier alpha value is -2.05. The zero-order chi connectivity index (χ0) is 27.2. The zero-order valence-corrected chi connectivity index (χ0v) is 20.8. The van der Waals surface area contributed by atoms with Gasteiger partial charge in [0.15, 0.2) is 30.0 Å². The van der Waals surface area contributed by atoms with Gasteiger partial charge >= 0.3 is 23.9 Å². The molecule has 2 fully saturated rings. The minimum absolute atomic E-state index is 0.427. The molecule has 0 aromatic carbocycles. The van der Waals surface area contributed by atoms with Gasteiger partial charge in [0, 0.05) is 27.7 Å². The minimum atomic E-state index is -1.67. The van der Waals surface area contributed by atoms with Crippen LogP contribution in [0.25, 0.3) is 0 Å². The van der Waals surface area contributed by atoms with Crippen molar-refractivity contribution in [2.45, 2.75) is 88.2 Å². The highest BCUT2D eigenvalue weighted by Gasteiger charge is 2.53. The fourth-order valence-electron chi connectivity index (χ4n) is 3.65. The molecular formula is C20H31NO14S. The lowest BCUT2D eigenvalue weighted by molar-refractivity contribution is -0.251. The summed E-state index contributed by atoms with van der Waals surface area (Å²) in [6.45, 7) is 3.31. The highest BCUT2D eigenvalue weighted by atomic mass is 32.2. The Balaban J connectivity index is 2.33. The van der Waals surface area contributed by atoms with Crippen molar-refractivity contribution in [1.82, 2.24) is 4.72 Å². The van der Waals surface area contributed by atoms with Gasteiger partial charge in [-0.3, -0.25) is 23.9 Å². The lowest BCUT2D eigenvalue weighted by Gasteiger charge is -2.45. The van der Waals surface area contributed by atoms with Gasteiger partial charge in [-0.2, -0.15) is 0 Å². The van der Waals surface area contributed by atoms with Crippen molar-refractivity contribution in [1.29, 1.82) is 0 Å². The molecule has 10 atom stereocenters. The molecule has 15 nitrogen and oxygen atoms in total. The van der Waals surface area contributed by atoms with Crippen molar-refractivity contribution < 1.29 is 68.0 Å². The lowest BCUT2D eigenvalue weighted by Crippen LogP contribution is -2.64. The summed E-state index contributed by atoms with van der Waals surface area (Å²) in [6.07, 6.45) is -11.3. The summed E-state index contributed by atoms with van der Waals surface area (Å²) in [5.41, 5.74) is -1.24. The Bertz CT molecular complexity index is 798. The summed E-state index contributed by atoms with van der Waals surface area (Å²) >= 11 is 0.667. The Kier molecular flexibility index (Phi) is 11.3. The average Bonchev–Trinajstić information content (AvgIpc) is 2.77. The molecule has 206 valence electrons. The summed E-state index contributed by atoms with van der Waals surface area (Å²) in [7, 11) is 0. The number of aliphatic hydroxyl groups excluding tert-OH is 4. The van der Waals surface area contributed by atoms with Crippen molar-refractivity contribution in [3.05, 3.63) is 0 Å². The topological polar surface area (TPSA) is 217 Å². The van der Waals surface area contributed by atoms with Crippen LogP contribution in [0.5, 0.6) is 0 Å². The van der Waals surface area contributed by atoms with E-state index in [1.54, 1.807) is 0 Å². The number of rotatable bonds is 9. The lowest BCUT2D eigenvalue weighted by atomic mass is 9.98. The number of carbonyl (C=O) groups is 4. The van der Waals surface area contributed by atoms with Gasteiger partial charge in [-0.15, -0.1) is 0 Å². The van der Waals surface area contributed by atoms with Crippen LogP contribution in [-0.4, -0.2) is 118 Å². The van der Waals surface area contributed by atoms with Crippen molar-refractivity contribution in [3.63, 3.8) is 0 Å². The maximum Gasteiger partial charge on any atom is 0.303 e. The highest BCUT2D eigenvalue weighted by molar-refractivity contribution is 7.97. The molecule has 0 spiro atoms. The summed E-state index contributed by atoms with van der Waals surface area (Å²) < 4.78 is 34.5. The number of esters is 4. The second-order valence-electron chi connectivity index (χ2n) is 8.06. The molecule has 0 amide bonds. The largest absolute Gasteiger partial charge is 0.463 e. The standard InChI is InChI=1S/C20H31NO14S/c1-7(23)30-6-12-16(31-8(2)24)17(32-9(3)25)18(33-10(4)26)20(35-12)36-21-13-15(28)14(27)11(5-22)34-19(13)29/h11-22,27-29H,5-6H2,1-4H3/t11-,12-,13-,14-,15-,16-,17+,18-,19+,20+/m1/s1.